The highest BCUT2D eigenvalue weighted by Gasteiger charge is 2.27. The predicted octanol–water partition coefficient (Wildman–Crippen LogP) is 1.14. The van der Waals surface area contributed by atoms with Gasteiger partial charge in [0.15, 0.2) is 0 Å². The lowest BCUT2D eigenvalue weighted by Gasteiger charge is -2.07. The summed E-state index contributed by atoms with van der Waals surface area (Å²) in [4.78, 5) is 24.1. The van der Waals surface area contributed by atoms with E-state index >= 15 is 0 Å². The average Bonchev–Trinajstić information content (AvgIpc) is 1.99. The van der Waals surface area contributed by atoms with E-state index in [0.717, 1.165) is 6.07 Å². The van der Waals surface area contributed by atoms with Gasteiger partial charge in [-0.25, -0.2) is 4.79 Å². The van der Waals surface area contributed by atoms with Gasteiger partial charge in [-0.05, 0) is 0 Å². The first kappa shape index (κ1) is 11.8. The van der Waals surface area contributed by atoms with Crippen LogP contribution in [0.3, 0.4) is 0 Å². The van der Waals surface area contributed by atoms with E-state index in [1.165, 1.54) is 0 Å². The van der Waals surface area contributed by atoms with Gasteiger partial charge in [-0.3, -0.25) is 14.3 Å². The molecule has 1 N–H and O–H groups in total. The van der Waals surface area contributed by atoms with Crippen molar-refractivity contribution in [1.29, 1.82) is 0 Å². The summed E-state index contributed by atoms with van der Waals surface area (Å²) in [6.07, 6.45) is -5.65. The van der Waals surface area contributed by atoms with Crippen LogP contribution in [0.1, 0.15) is 6.42 Å². The molecule has 4 nitrogen and oxygen atoms in total. The van der Waals surface area contributed by atoms with E-state index in [2.05, 4.69) is 0 Å². The number of nitrogens with zero attached hydrogens (tertiary/aromatic N) is 1. The summed E-state index contributed by atoms with van der Waals surface area (Å²) in [6, 6.07) is 0.847. The van der Waals surface area contributed by atoms with Crippen LogP contribution in [0, 0.1) is 0 Å². The highest BCUT2D eigenvalue weighted by Crippen LogP contribution is 2.19. The Balaban J connectivity index is 2.97. The summed E-state index contributed by atoms with van der Waals surface area (Å²) in [7, 11) is 0. The van der Waals surface area contributed by atoms with Gasteiger partial charge in [0, 0.05) is 12.6 Å². The number of rotatable bonds is 2. The molecule has 0 amide bonds. The number of nitrogens with one attached hydrogen (secondary N) is 1. The van der Waals surface area contributed by atoms with Gasteiger partial charge in [0.05, 0.1) is 6.42 Å². The van der Waals surface area contributed by atoms with Gasteiger partial charge >= 0.3 is 11.9 Å². The van der Waals surface area contributed by atoms with Crippen LogP contribution in [0.25, 0.3) is 0 Å². The quantitative estimate of drug-likeness (QED) is 0.791. The standard InChI is InChI=1S/C7H6ClF3N2O2/c8-4-3-5(14)13(6(15)12-4)2-1-7(9,10)11/h3H,1-2H2,(H,12,15). The number of H-pyrrole nitrogens is 1. The summed E-state index contributed by atoms with van der Waals surface area (Å²) in [5, 5.41) is -0.201. The molecule has 0 aliphatic heterocycles. The van der Waals surface area contributed by atoms with E-state index < -0.39 is 30.4 Å². The fraction of sp³-hybridized carbons (Fsp3) is 0.429. The Bertz CT molecular complexity index is 431. The van der Waals surface area contributed by atoms with Crippen molar-refractivity contribution in [2.75, 3.05) is 0 Å². The molecular formula is C7H6ClF3N2O2. The van der Waals surface area contributed by atoms with Gasteiger partial charge < -0.3 is 0 Å². The van der Waals surface area contributed by atoms with Crippen molar-refractivity contribution in [2.24, 2.45) is 0 Å². The molecule has 0 aliphatic rings. The van der Waals surface area contributed by atoms with Crippen LogP contribution in [0.4, 0.5) is 13.2 Å². The maximum Gasteiger partial charge on any atom is 0.390 e. The Hall–Kier alpha value is -1.24. The molecule has 0 unspecified atom stereocenters. The Kier molecular flexibility index (Phi) is 3.23. The van der Waals surface area contributed by atoms with E-state index in [-0.39, 0.29) is 5.15 Å². The molecule has 0 spiro atoms. The maximum absolute atomic E-state index is 11.8. The van der Waals surface area contributed by atoms with Crippen molar-refractivity contribution < 1.29 is 13.2 Å². The van der Waals surface area contributed by atoms with Gasteiger partial charge in [0.2, 0.25) is 0 Å². The number of hydrogen-bond acceptors (Lipinski definition) is 2. The Labute approximate surface area is 86.3 Å². The number of aromatic amines is 1. The van der Waals surface area contributed by atoms with Crippen molar-refractivity contribution in [1.82, 2.24) is 9.55 Å². The molecule has 1 rings (SSSR count). The van der Waals surface area contributed by atoms with Crippen molar-refractivity contribution in [2.45, 2.75) is 19.1 Å². The molecule has 0 aromatic carbocycles. The molecule has 84 valence electrons. The molecule has 0 saturated heterocycles. The summed E-state index contributed by atoms with van der Waals surface area (Å²) in [5.74, 6) is 0. The minimum absolute atomic E-state index is 0.201. The lowest BCUT2D eigenvalue weighted by molar-refractivity contribution is -0.137. The van der Waals surface area contributed by atoms with Gasteiger partial charge in [-0.1, -0.05) is 11.6 Å². The third kappa shape index (κ3) is 3.43. The smallest absolute Gasteiger partial charge is 0.298 e. The second-order valence-corrected chi connectivity index (χ2v) is 3.18. The van der Waals surface area contributed by atoms with Crippen LogP contribution in [0.15, 0.2) is 15.7 Å². The zero-order valence-corrected chi connectivity index (χ0v) is 8.02. The third-order valence-corrected chi connectivity index (χ3v) is 1.81. The highest BCUT2D eigenvalue weighted by atomic mass is 35.5. The number of alkyl halides is 3. The fourth-order valence-electron chi connectivity index (χ4n) is 0.942. The van der Waals surface area contributed by atoms with Crippen molar-refractivity contribution in [3.63, 3.8) is 0 Å². The number of aromatic nitrogens is 2. The molecule has 1 aromatic heterocycles. The first-order valence-corrected chi connectivity index (χ1v) is 4.24. The Morgan fingerprint density at radius 3 is 2.47 bits per heavy atom. The van der Waals surface area contributed by atoms with E-state index in [1.807, 2.05) is 4.98 Å². The Morgan fingerprint density at radius 1 is 1.40 bits per heavy atom. The van der Waals surface area contributed by atoms with E-state index in [4.69, 9.17) is 11.6 Å². The fourth-order valence-corrected chi connectivity index (χ4v) is 1.12. The predicted molar refractivity (Wildman–Crippen MR) is 47.0 cm³/mol. The average molecular weight is 243 g/mol. The Morgan fingerprint density at radius 2 is 2.00 bits per heavy atom. The van der Waals surface area contributed by atoms with E-state index in [0.29, 0.717) is 4.57 Å². The van der Waals surface area contributed by atoms with E-state index in [9.17, 15) is 22.8 Å². The lowest BCUT2D eigenvalue weighted by Crippen LogP contribution is -2.35. The lowest BCUT2D eigenvalue weighted by atomic mass is 10.4. The molecule has 8 heteroatoms. The van der Waals surface area contributed by atoms with Crippen LogP contribution in [-0.2, 0) is 6.54 Å². The second kappa shape index (κ2) is 4.09. The zero-order chi connectivity index (χ0) is 11.6. The molecule has 0 saturated carbocycles. The minimum atomic E-state index is -4.41. The van der Waals surface area contributed by atoms with Crippen molar-refractivity contribution in [3.8, 4) is 0 Å². The maximum atomic E-state index is 11.8. The molecule has 0 atom stereocenters. The number of halogens is 4. The molecule has 0 bridgehead atoms. The second-order valence-electron chi connectivity index (χ2n) is 2.78. The molecule has 1 aromatic rings. The van der Waals surface area contributed by atoms with Crippen LogP contribution in [-0.4, -0.2) is 15.7 Å². The zero-order valence-electron chi connectivity index (χ0n) is 7.27. The van der Waals surface area contributed by atoms with Crippen molar-refractivity contribution >= 4 is 11.6 Å². The summed E-state index contributed by atoms with van der Waals surface area (Å²) in [6.45, 7) is -0.713. The topological polar surface area (TPSA) is 54.9 Å². The van der Waals surface area contributed by atoms with E-state index in [1.54, 1.807) is 0 Å². The first-order chi connectivity index (χ1) is 6.79. The molecule has 0 radical (unpaired) electrons. The largest absolute Gasteiger partial charge is 0.390 e. The van der Waals surface area contributed by atoms with Crippen molar-refractivity contribution in [3.05, 3.63) is 32.1 Å². The first-order valence-electron chi connectivity index (χ1n) is 3.86. The molecule has 1 heterocycles. The third-order valence-electron chi connectivity index (χ3n) is 1.61. The van der Waals surface area contributed by atoms with Crippen LogP contribution >= 0.6 is 11.6 Å². The highest BCUT2D eigenvalue weighted by molar-refractivity contribution is 6.29. The summed E-state index contributed by atoms with van der Waals surface area (Å²) >= 11 is 5.32. The van der Waals surface area contributed by atoms with Gasteiger partial charge in [-0.2, -0.15) is 13.2 Å². The van der Waals surface area contributed by atoms with Crippen LogP contribution in [0.5, 0.6) is 0 Å². The summed E-state index contributed by atoms with van der Waals surface area (Å²) < 4.78 is 35.9. The molecule has 0 fully saturated rings. The SMILES string of the molecule is O=c1cc(Cl)[nH]c(=O)n1CCC(F)(F)F. The van der Waals surface area contributed by atoms with Crippen LogP contribution < -0.4 is 11.2 Å². The monoisotopic (exact) mass is 242 g/mol. The normalized spacial score (nSPS) is 11.7. The van der Waals surface area contributed by atoms with Gasteiger partial charge in [0.1, 0.15) is 5.15 Å². The van der Waals surface area contributed by atoms with Gasteiger partial charge in [0.25, 0.3) is 5.56 Å². The minimum Gasteiger partial charge on any atom is -0.298 e. The van der Waals surface area contributed by atoms with Crippen LogP contribution in [0.2, 0.25) is 5.15 Å². The number of hydrogen-bond donors (Lipinski definition) is 1. The molecule has 0 aliphatic carbocycles. The molecular weight excluding hydrogens is 237 g/mol. The summed E-state index contributed by atoms with van der Waals surface area (Å²) in [5.41, 5.74) is -1.80. The molecule has 15 heavy (non-hydrogen) atoms. The van der Waals surface area contributed by atoms with Gasteiger partial charge in [-0.15, -0.1) is 0 Å².